The number of fused-ring (bicyclic) bond motifs is 2. The molecule has 3 heterocycles. The lowest BCUT2D eigenvalue weighted by Crippen LogP contribution is -3.00. The van der Waals surface area contributed by atoms with Gasteiger partial charge in [0.2, 0.25) is 6.41 Å². The molecule has 32 heavy (non-hydrogen) atoms. The summed E-state index contributed by atoms with van der Waals surface area (Å²) in [6.07, 6.45) is 2.20. The molecule has 0 atom stereocenters. The molecule has 0 fully saturated rings. The van der Waals surface area contributed by atoms with E-state index in [1.165, 1.54) is 4.90 Å². The van der Waals surface area contributed by atoms with Gasteiger partial charge in [0.15, 0.2) is 28.3 Å². The van der Waals surface area contributed by atoms with Crippen LogP contribution in [0.2, 0.25) is 5.02 Å². The number of nitrogens with one attached hydrogen (secondary N) is 1. The zero-order valence-corrected chi connectivity index (χ0v) is 18.9. The second-order valence-electron chi connectivity index (χ2n) is 6.91. The number of amides is 1. The number of aromatic carboxylic acids is 1. The Hall–Kier alpha value is -3.37. The summed E-state index contributed by atoms with van der Waals surface area (Å²) in [7, 11) is 0. The zero-order chi connectivity index (χ0) is 22.3. The molecule has 12 heteroatoms. The minimum Gasteiger partial charge on any atom is -1.00 e. The van der Waals surface area contributed by atoms with Gasteiger partial charge < -0.3 is 28.2 Å². The number of carboxylic acid groups (broad SMARTS) is 1. The Bertz CT molecular complexity index is 1330. The normalized spacial score (nSPS) is 11.0. The van der Waals surface area contributed by atoms with Crippen LogP contribution in [0.4, 0.5) is 11.6 Å². The van der Waals surface area contributed by atoms with Gasteiger partial charge in [-0.2, -0.15) is 0 Å². The standard InChI is InChI=1S/C20H20ClN7O3.ClH/c1-3-27-13-6-5-11(20(30)31)7-14(13)28(4-2)15(27)9-26(10-29)19-17(22)25-18-16(24-19)12(21)8-23-18;/h5-8,10H,3-4,9H2,1-2H3,(H3-,22,23,24,25,30,31);1H. The van der Waals surface area contributed by atoms with E-state index in [0.717, 1.165) is 16.9 Å². The van der Waals surface area contributed by atoms with E-state index in [1.54, 1.807) is 24.4 Å². The highest BCUT2D eigenvalue weighted by Gasteiger charge is 2.28. The van der Waals surface area contributed by atoms with E-state index in [9.17, 15) is 14.7 Å². The number of rotatable bonds is 7. The SMILES string of the molecule is CCn1c(CN(C=O)c2nc3c(Cl)c[nH]c3nc2N)[n+](CC)c2ccc(C(=O)O)cc21.[Cl-]. The smallest absolute Gasteiger partial charge is 0.335 e. The molecule has 1 amide bonds. The number of nitrogen functional groups attached to an aromatic ring is 1. The number of nitrogens with zero attached hydrogens (tertiary/aromatic N) is 5. The summed E-state index contributed by atoms with van der Waals surface area (Å²) in [6.45, 7) is 5.31. The first-order valence-electron chi connectivity index (χ1n) is 9.69. The van der Waals surface area contributed by atoms with E-state index >= 15 is 0 Å². The molecule has 0 unspecified atom stereocenters. The summed E-state index contributed by atoms with van der Waals surface area (Å²) < 4.78 is 4.01. The zero-order valence-electron chi connectivity index (χ0n) is 17.3. The predicted molar refractivity (Wildman–Crippen MR) is 116 cm³/mol. The third-order valence-electron chi connectivity index (χ3n) is 5.24. The monoisotopic (exact) mass is 477 g/mol. The van der Waals surface area contributed by atoms with Gasteiger partial charge in [-0.25, -0.2) is 23.9 Å². The summed E-state index contributed by atoms with van der Waals surface area (Å²) in [5.41, 5.74) is 8.78. The Balaban J connectivity index is 0.00000289. The number of H-pyrrole nitrogens is 1. The van der Waals surface area contributed by atoms with Gasteiger partial charge >= 0.3 is 5.97 Å². The molecule has 0 aliphatic carbocycles. The average Bonchev–Trinajstić information content (AvgIpc) is 3.27. The Morgan fingerprint density at radius 3 is 2.75 bits per heavy atom. The van der Waals surface area contributed by atoms with Crippen LogP contribution in [0.3, 0.4) is 0 Å². The number of hydrogen-bond donors (Lipinski definition) is 3. The average molecular weight is 478 g/mol. The second kappa shape index (κ2) is 9.01. The topological polar surface area (TPSA) is 134 Å². The third kappa shape index (κ3) is 3.71. The largest absolute Gasteiger partial charge is 1.00 e. The first-order chi connectivity index (χ1) is 14.9. The molecule has 0 saturated heterocycles. The maximum absolute atomic E-state index is 12.0. The van der Waals surface area contributed by atoms with Crippen LogP contribution in [0.15, 0.2) is 24.4 Å². The highest BCUT2D eigenvalue weighted by molar-refractivity contribution is 6.35. The lowest BCUT2D eigenvalue weighted by molar-refractivity contribution is -0.676. The van der Waals surface area contributed by atoms with Crippen molar-refractivity contribution in [2.24, 2.45) is 0 Å². The molecule has 4 rings (SSSR count). The number of nitrogens with two attached hydrogens (primary N) is 1. The number of anilines is 2. The summed E-state index contributed by atoms with van der Waals surface area (Å²) in [4.78, 5) is 36.5. The number of benzene rings is 1. The number of imidazole rings is 1. The van der Waals surface area contributed by atoms with Crippen molar-refractivity contribution in [2.45, 2.75) is 33.5 Å². The summed E-state index contributed by atoms with van der Waals surface area (Å²) >= 11 is 6.16. The van der Waals surface area contributed by atoms with Crippen molar-refractivity contribution in [3.63, 3.8) is 0 Å². The molecular weight excluding hydrogens is 457 g/mol. The van der Waals surface area contributed by atoms with Crippen molar-refractivity contribution in [1.29, 1.82) is 0 Å². The molecule has 0 aliphatic rings. The molecule has 3 aromatic heterocycles. The molecule has 0 radical (unpaired) electrons. The van der Waals surface area contributed by atoms with E-state index in [0.29, 0.717) is 35.7 Å². The minimum atomic E-state index is -0.996. The van der Waals surface area contributed by atoms with E-state index < -0.39 is 5.97 Å². The number of aromatic nitrogens is 5. The fourth-order valence-corrected chi connectivity index (χ4v) is 4.02. The van der Waals surface area contributed by atoms with Crippen LogP contribution in [0.25, 0.3) is 22.2 Å². The maximum Gasteiger partial charge on any atom is 0.335 e. The van der Waals surface area contributed by atoms with Crippen LogP contribution >= 0.6 is 11.6 Å². The quantitative estimate of drug-likeness (QED) is 0.239. The van der Waals surface area contributed by atoms with Crippen LogP contribution in [-0.2, 0) is 24.4 Å². The van der Waals surface area contributed by atoms with Crippen LogP contribution < -0.4 is 27.6 Å². The Morgan fingerprint density at radius 1 is 1.38 bits per heavy atom. The molecular formula is C20H21Cl2N7O3. The molecule has 0 saturated carbocycles. The lowest BCUT2D eigenvalue weighted by Gasteiger charge is -2.16. The highest BCUT2D eigenvalue weighted by Crippen LogP contribution is 2.27. The molecule has 0 spiro atoms. The molecule has 0 aliphatic heterocycles. The first kappa shape index (κ1) is 23.3. The van der Waals surface area contributed by atoms with Crippen molar-refractivity contribution in [1.82, 2.24) is 19.5 Å². The number of carbonyl (C=O) groups excluding carboxylic acids is 1. The van der Waals surface area contributed by atoms with E-state index in [4.69, 9.17) is 17.3 Å². The fraction of sp³-hybridized carbons (Fsp3) is 0.250. The Labute approximate surface area is 194 Å². The van der Waals surface area contributed by atoms with Crippen molar-refractivity contribution in [3.05, 3.63) is 40.8 Å². The van der Waals surface area contributed by atoms with Crippen molar-refractivity contribution >= 4 is 57.8 Å². The number of carbonyl (C=O) groups is 2. The molecule has 10 nitrogen and oxygen atoms in total. The Morgan fingerprint density at radius 2 is 2.12 bits per heavy atom. The van der Waals surface area contributed by atoms with Crippen LogP contribution in [-0.4, -0.2) is 37.0 Å². The van der Waals surface area contributed by atoms with Gasteiger partial charge in [0.1, 0.15) is 12.1 Å². The van der Waals surface area contributed by atoms with E-state index in [2.05, 4.69) is 15.0 Å². The predicted octanol–water partition coefficient (Wildman–Crippen LogP) is -0.659. The van der Waals surface area contributed by atoms with Crippen molar-refractivity contribution < 1.29 is 31.7 Å². The maximum atomic E-state index is 12.0. The summed E-state index contributed by atoms with van der Waals surface area (Å²) in [5.74, 6) is 0.0972. The van der Waals surface area contributed by atoms with Gasteiger partial charge in [0.05, 0.1) is 23.7 Å². The summed E-state index contributed by atoms with van der Waals surface area (Å²) in [6, 6.07) is 4.99. The van der Waals surface area contributed by atoms with Gasteiger partial charge in [-0.05, 0) is 26.0 Å². The molecule has 4 N–H and O–H groups in total. The van der Waals surface area contributed by atoms with Crippen LogP contribution in [0.5, 0.6) is 0 Å². The summed E-state index contributed by atoms with van der Waals surface area (Å²) in [5, 5.41) is 9.76. The van der Waals surface area contributed by atoms with Gasteiger partial charge in [-0.15, -0.1) is 0 Å². The minimum absolute atomic E-state index is 0. The van der Waals surface area contributed by atoms with Crippen LogP contribution in [0, 0.1) is 0 Å². The number of halogens is 2. The van der Waals surface area contributed by atoms with Gasteiger partial charge in [-0.3, -0.25) is 9.69 Å². The van der Waals surface area contributed by atoms with Crippen molar-refractivity contribution in [2.75, 3.05) is 10.6 Å². The number of aryl methyl sites for hydroxylation is 2. The molecule has 168 valence electrons. The second-order valence-corrected chi connectivity index (χ2v) is 7.32. The lowest BCUT2D eigenvalue weighted by atomic mass is 10.2. The number of carboxylic acids is 1. The third-order valence-corrected chi connectivity index (χ3v) is 5.52. The molecule has 0 bridgehead atoms. The highest BCUT2D eigenvalue weighted by atomic mass is 35.5. The molecule has 4 aromatic rings. The number of hydrogen-bond acceptors (Lipinski definition) is 5. The van der Waals surface area contributed by atoms with E-state index in [1.807, 2.05) is 23.0 Å². The van der Waals surface area contributed by atoms with Crippen molar-refractivity contribution in [3.8, 4) is 0 Å². The van der Waals surface area contributed by atoms with Gasteiger partial charge in [-0.1, -0.05) is 11.6 Å². The van der Waals surface area contributed by atoms with Gasteiger partial charge in [0.25, 0.3) is 5.82 Å². The Kier molecular flexibility index (Phi) is 6.56. The first-order valence-corrected chi connectivity index (χ1v) is 10.1. The number of aromatic amines is 1. The molecule has 1 aromatic carbocycles. The fourth-order valence-electron chi connectivity index (χ4n) is 3.83. The van der Waals surface area contributed by atoms with Gasteiger partial charge in [0, 0.05) is 12.3 Å². The van der Waals surface area contributed by atoms with Crippen LogP contribution in [0.1, 0.15) is 30.0 Å². The van der Waals surface area contributed by atoms with E-state index in [-0.39, 0.29) is 36.2 Å².